The summed E-state index contributed by atoms with van der Waals surface area (Å²) < 4.78 is 30.9. The van der Waals surface area contributed by atoms with Crippen LogP contribution in [-0.4, -0.2) is 86.8 Å². The summed E-state index contributed by atoms with van der Waals surface area (Å²) in [6, 6.07) is 29.2. The van der Waals surface area contributed by atoms with Gasteiger partial charge < -0.3 is 5.32 Å². The van der Waals surface area contributed by atoms with E-state index in [1.54, 1.807) is 35.7 Å². The van der Waals surface area contributed by atoms with E-state index in [4.69, 9.17) is 0 Å². The molecule has 3 aromatic carbocycles. The number of thiophene rings is 1. The van der Waals surface area contributed by atoms with Gasteiger partial charge in [-0.05, 0) is 61.5 Å². The van der Waals surface area contributed by atoms with Crippen LogP contribution in [0.4, 0.5) is 21.1 Å². The van der Waals surface area contributed by atoms with Crippen molar-refractivity contribution < 1.29 is 22.8 Å². The molecular weight excluding hydrogens is 987 g/mol. The van der Waals surface area contributed by atoms with Crippen molar-refractivity contribution in [1.82, 2.24) is 34.9 Å². The van der Waals surface area contributed by atoms with E-state index >= 15 is 0 Å². The average Bonchev–Trinajstić information content (AvgIpc) is 4.24. The van der Waals surface area contributed by atoms with Gasteiger partial charge in [0.15, 0.2) is 16.5 Å². The summed E-state index contributed by atoms with van der Waals surface area (Å²) in [6.45, 7) is 3.74. The number of fused-ring (bicyclic) bond motifs is 2. The largest absolute Gasteiger partial charge is 0.351 e. The van der Waals surface area contributed by atoms with Crippen molar-refractivity contribution in [2.24, 2.45) is 10.2 Å². The SMILES string of the molecule is O=C(Nc1nc2ccc(NS(=O)(=O)c3cccs3)cc2s1)c1cc2n(n1)CCCN(CCCCCCNC(=O)c1cnc(N/N=C3/C(=O)N(c4nc(-c5ccccc5)cs4)N=C3c3ccccc3)s1)C2. The maximum Gasteiger partial charge on any atom is 0.303 e. The minimum atomic E-state index is -3.69. The highest BCUT2D eigenvalue weighted by molar-refractivity contribution is 7.94. The summed E-state index contributed by atoms with van der Waals surface area (Å²) in [5.74, 6) is -1.03. The van der Waals surface area contributed by atoms with Gasteiger partial charge in [0.2, 0.25) is 10.3 Å². The summed E-state index contributed by atoms with van der Waals surface area (Å²) in [6.07, 6.45) is 6.16. The molecule has 0 fully saturated rings. The van der Waals surface area contributed by atoms with Crippen molar-refractivity contribution in [3.8, 4) is 11.3 Å². The van der Waals surface area contributed by atoms with Crippen molar-refractivity contribution in [3.63, 3.8) is 0 Å². The first-order chi connectivity index (χ1) is 34.1. The van der Waals surface area contributed by atoms with Crippen LogP contribution in [0.1, 0.15) is 63.5 Å². The average molecular weight is 1030 g/mol. The van der Waals surface area contributed by atoms with Gasteiger partial charge in [0.05, 0.1) is 33.5 Å². The Kier molecular flexibility index (Phi) is 14.0. The number of aryl methyl sites for hydroxylation is 1. The Morgan fingerprint density at radius 3 is 2.44 bits per heavy atom. The van der Waals surface area contributed by atoms with E-state index in [-0.39, 0.29) is 21.7 Å². The van der Waals surface area contributed by atoms with E-state index in [1.807, 2.05) is 76.8 Å². The Balaban J connectivity index is 0.660. The van der Waals surface area contributed by atoms with Crippen LogP contribution in [0.3, 0.4) is 0 Å². The third kappa shape index (κ3) is 10.7. The molecule has 8 aromatic rings. The lowest BCUT2D eigenvalue weighted by Crippen LogP contribution is -2.28. The zero-order valence-corrected chi connectivity index (χ0v) is 41.2. The lowest BCUT2D eigenvalue weighted by Gasteiger charge is -2.19. The molecule has 356 valence electrons. The van der Waals surface area contributed by atoms with Crippen LogP contribution in [0.25, 0.3) is 21.5 Å². The molecule has 0 radical (unpaired) electrons. The number of thiazole rings is 3. The van der Waals surface area contributed by atoms with Crippen LogP contribution < -0.4 is 25.8 Å². The third-order valence-electron chi connectivity index (χ3n) is 11.2. The number of hydrogen-bond acceptors (Lipinski definition) is 17. The molecule has 0 bridgehead atoms. The summed E-state index contributed by atoms with van der Waals surface area (Å²) in [4.78, 5) is 56.5. The van der Waals surface area contributed by atoms with Crippen LogP contribution in [0.5, 0.6) is 0 Å². The molecule has 2 aliphatic heterocycles. The van der Waals surface area contributed by atoms with Gasteiger partial charge in [0.1, 0.15) is 14.8 Å². The maximum atomic E-state index is 13.8. The number of rotatable bonds is 18. The first-order valence-electron chi connectivity index (χ1n) is 22.3. The van der Waals surface area contributed by atoms with Gasteiger partial charge in [0, 0.05) is 42.7 Å². The Morgan fingerprint density at radius 2 is 1.63 bits per heavy atom. The fraction of sp³-hybridized carbons (Fsp3) is 0.213. The highest BCUT2D eigenvalue weighted by Gasteiger charge is 2.36. The van der Waals surface area contributed by atoms with Crippen molar-refractivity contribution in [2.45, 2.75) is 49.4 Å². The molecule has 3 amide bonds. The highest BCUT2D eigenvalue weighted by Crippen LogP contribution is 2.32. The van der Waals surface area contributed by atoms with Crippen LogP contribution in [-0.2, 0) is 27.9 Å². The minimum absolute atomic E-state index is 0.0993. The van der Waals surface area contributed by atoms with Gasteiger partial charge in [-0.25, -0.2) is 23.4 Å². The Labute approximate surface area is 417 Å². The zero-order chi connectivity index (χ0) is 48.0. The smallest absolute Gasteiger partial charge is 0.303 e. The number of amides is 3. The number of anilines is 4. The van der Waals surface area contributed by atoms with E-state index in [0.717, 1.165) is 89.5 Å². The van der Waals surface area contributed by atoms with E-state index in [9.17, 15) is 22.8 Å². The first kappa shape index (κ1) is 46.7. The molecule has 23 heteroatoms. The standard InChI is InChI=1S/C47H43N13O5S5/c61-42(52-46-50-34-19-18-32(25-37(34)68-46)57-70(64,65)39-17-11-24-66-39)35-26-33-28-58(22-12-23-59(33)55-35)21-10-2-1-9-20-48-43(62)38-27-49-45(69-38)54-53-41-40(31-15-7-4-8-16-31)56-60(44(41)63)47-51-36(29-67-47)30-13-5-3-6-14-30/h3-8,11,13-19,24-27,29,57H,1-2,9-10,12,20-23,28H2,(H,48,62)(H,49,54)(H,50,52,61)/b53-41+. The van der Waals surface area contributed by atoms with Gasteiger partial charge in [-0.15, -0.1) is 22.7 Å². The molecule has 7 heterocycles. The maximum absolute atomic E-state index is 13.8. The number of carbonyl (C=O) groups excluding carboxylic acids is 3. The molecule has 0 aliphatic carbocycles. The Hall–Kier alpha value is -7.02. The number of hydrazone groups is 2. The Morgan fingerprint density at radius 1 is 0.814 bits per heavy atom. The van der Waals surface area contributed by atoms with Crippen LogP contribution in [0.2, 0.25) is 0 Å². The monoisotopic (exact) mass is 1030 g/mol. The summed E-state index contributed by atoms with van der Waals surface area (Å²) in [7, 11) is -3.69. The van der Waals surface area contributed by atoms with Gasteiger partial charge in [-0.3, -0.25) is 39.4 Å². The molecule has 2 aliphatic rings. The van der Waals surface area contributed by atoms with E-state index in [1.165, 1.54) is 33.9 Å². The topological polar surface area (TPSA) is 221 Å². The summed E-state index contributed by atoms with van der Waals surface area (Å²) in [5, 5.41) is 25.6. The van der Waals surface area contributed by atoms with E-state index < -0.39 is 15.9 Å². The van der Waals surface area contributed by atoms with Crippen molar-refractivity contribution >= 4 is 116 Å². The van der Waals surface area contributed by atoms with Gasteiger partial charge in [-0.1, -0.05) is 102 Å². The van der Waals surface area contributed by atoms with Crippen molar-refractivity contribution in [1.29, 1.82) is 0 Å². The quantitative estimate of drug-likeness (QED) is 0.0471. The van der Waals surface area contributed by atoms with Gasteiger partial charge in [0.25, 0.3) is 21.8 Å². The highest BCUT2D eigenvalue weighted by atomic mass is 32.2. The first-order valence-corrected chi connectivity index (χ1v) is 27.2. The molecule has 18 nitrogen and oxygen atoms in total. The van der Waals surface area contributed by atoms with Crippen LogP contribution >= 0.6 is 45.3 Å². The lowest BCUT2D eigenvalue weighted by molar-refractivity contribution is -0.112. The van der Waals surface area contributed by atoms with Crippen molar-refractivity contribution in [2.75, 3.05) is 40.1 Å². The van der Waals surface area contributed by atoms with E-state index in [0.29, 0.717) is 68.1 Å². The lowest BCUT2D eigenvalue weighted by atomic mass is 10.1. The van der Waals surface area contributed by atoms with E-state index in [2.05, 4.69) is 55.9 Å². The predicted molar refractivity (Wildman–Crippen MR) is 277 cm³/mol. The second kappa shape index (κ2) is 20.9. The van der Waals surface area contributed by atoms with Gasteiger partial charge in [-0.2, -0.15) is 20.3 Å². The number of carbonyl (C=O) groups is 3. The normalized spacial score (nSPS) is 14.7. The second-order valence-corrected chi connectivity index (χ2v) is 21.9. The fourth-order valence-electron chi connectivity index (χ4n) is 7.81. The number of sulfonamides is 1. The summed E-state index contributed by atoms with van der Waals surface area (Å²) in [5.41, 5.74) is 8.09. The van der Waals surface area contributed by atoms with Crippen molar-refractivity contribution in [3.05, 3.63) is 136 Å². The number of benzene rings is 3. The molecule has 5 aromatic heterocycles. The molecule has 0 unspecified atom stereocenters. The molecular formula is C47H43N13O5S5. The molecule has 4 N–H and O–H groups in total. The Bertz CT molecular complexity index is 3350. The number of hydrogen-bond donors (Lipinski definition) is 4. The zero-order valence-electron chi connectivity index (χ0n) is 37.1. The van der Waals surface area contributed by atoms with Gasteiger partial charge >= 0.3 is 5.91 Å². The number of nitrogens with one attached hydrogen (secondary N) is 4. The number of unbranched alkanes of at least 4 members (excludes halogenated alkanes) is 3. The molecule has 10 rings (SSSR count). The molecule has 0 saturated heterocycles. The van der Waals surface area contributed by atoms with Crippen LogP contribution in [0, 0.1) is 0 Å². The second-order valence-electron chi connectivity index (χ2n) is 16.2. The summed E-state index contributed by atoms with van der Waals surface area (Å²) >= 11 is 4.85. The number of nitrogens with zero attached hydrogens (tertiary/aromatic N) is 9. The minimum Gasteiger partial charge on any atom is -0.351 e. The fourth-order valence-corrected chi connectivity index (χ4v) is 12.2. The molecule has 0 saturated carbocycles. The third-order valence-corrected chi connectivity index (χ3v) is 16.7. The molecule has 0 spiro atoms. The molecule has 70 heavy (non-hydrogen) atoms. The number of aromatic nitrogens is 5. The predicted octanol–water partition coefficient (Wildman–Crippen LogP) is 8.60. The molecule has 0 atom stereocenters. The van der Waals surface area contributed by atoms with Crippen LogP contribution in [0.15, 0.2) is 128 Å².